The fraction of sp³-hybridized carbons (Fsp3) is 0.529. The highest BCUT2D eigenvalue weighted by Gasteiger charge is 2.12. The van der Waals surface area contributed by atoms with E-state index in [0.717, 1.165) is 12.2 Å². The number of hydrogen-bond donors (Lipinski definition) is 0. The van der Waals surface area contributed by atoms with Gasteiger partial charge in [0.15, 0.2) is 0 Å². The van der Waals surface area contributed by atoms with E-state index in [0.29, 0.717) is 5.92 Å². The molecule has 0 saturated heterocycles. The third kappa shape index (κ3) is 5.98. The van der Waals surface area contributed by atoms with Crippen LogP contribution in [0.25, 0.3) is 0 Å². The summed E-state index contributed by atoms with van der Waals surface area (Å²) in [6.07, 6.45) is 3.58. The Balaban J connectivity index is 2.97. The van der Waals surface area contributed by atoms with Crippen LogP contribution < -0.4 is 4.74 Å². The number of unbranched alkanes of at least 4 members (excludes halogenated alkanes) is 1. The highest BCUT2D eigenvalue weighted by atomic mass is 28.3. The number of rotatable bonds is 5. The summed E-state index contributed by atoms with van der Waals surface area (Å²) in [4.78, 5) is 0. The zero-order chi connectivity index (χ0) is 14.3. The second kappa shape index (κ2) is 7.40. The largest absolute Gasteiger partial charge is 0.497 e. The smallest absolute Gasteiger partial charge is 0.129 e. The summed E-state index contributed by atoms with van der Waals surface area (Å²) in [7, 11) is 0.410. The summed E-state index contributed by atoms with van der Waals surface area (Å²) in [5.74, 6) is 4.79. The molecule has 0 aliphatic rings. The van der Waals surface area contributed by atoms with Gasteiger partial charge in [0.05, 0.1) is 7.11 Å². The molecule has 0 heterocycles. The minimum absolute atomic E-state index is 0.349. The van der Waals surface area contributed by atoms with Crippen molar-refractivity contribution >= 4 is 8.07 Å². The van der Waals surface area contributed by atoms with Gasteiger partial charge in [0.25, 0.3) is 0 Å². The number of ether oxygens (including phenoxy) is 1. The van der Waals surface area contributed by atoms with Crippen LogP contribution in [0.1, 0.15) is 37.7 Å². The second-order valence-electron chi connectivity index (χ2n) is 5.99. The van der Waals surface area contributed by atoms with E-state index in [1.165, 1.54) is 18.4 Å². The summed E-state index contributed by atoms with van der Waals surface area (Å²) in [5, 5.41) is 0. The van der Waals surface area contributed by atoms with Gasteiger partial charge in [-0.05, 0) is 24.1 Å². The van der Waals surface area contributed by atoms with E-state index in [1.807, 2.05) is 6.07 Å². The fourth-order valence-electron chi connectivity index (χ4n) is 1.89. The molecule has 1 rings (SSSR count). The molecule has 19 heavy (non-hydrogen) atoms. The molecule has 1 nitrogen and oxygen atoms in total. The molecule has 0 spiro atoms. The normalized spacial score (nSPS) is 12.5. The Hall–Kier alpha value is -1.20. The summed E-state index contributed by atoms with van der Waals surface area (Å²) >= 11 is 0. The van der Waals surface area contributed by atoms with Crippen LogP contribution in [0, 0.1) is 11.5 Å². The first-order chi connectivity index (χ1) is 8.96. The number of methoxy groups -OCH3 is 1. The predicted octanol–water partition coefficient (Wildman–Crippen LogP) is 4.85. The average Bonchev–Trinajstić information content (AvgIpc) is 2.38. The van der Waals surface area contributed by atoms with Crippen molar-refractivity contribution in [2.45, 2.75) is 51.7 Å². The molecule has 1 aromatic carbocycles. The maximum absolute atomic E-state index is 5.32. The van der Waals surface area contributed by atoms with Gasteiger partial charge < -0.3 is 4.74 Å². The van der Waals surface area contributed by atoms with E-state index >= 15 is 0 Å². The SMILES string of the molecule is CCCC[C@@H](C#C[Si](C)(C)C)c1cccc(OC)c1. The van der Waals surface area contributed by atoms with Crippen LogP contribution in [-0.2, 0) is 0 Å². The second-order valence-corrected chi connectivity index (χ2v) is 10.7. The lowest BCUT2D eigenvalue weighted by Gasteiger charge is -2.13. The first-order valence-electron chi connectivity index (χ1n) is 7.13. The van der Waals surface area contributed by atoms with E-state index in [1.54, 1.807) is 7.11 Å². The summed E-state index contributed by atoms with van der Waals surface area (Å²) in [5.41, 5.74) is 4.81. The van der Waals surface area contributed by atoms with Crippen LogP contribution in [0.2, 0.25) is 19.6 Å². The van der Waals surface area contributed by atoms with Crippen LogP contribution in [0.15, 0.2) is 24.3 Å². The van der Waals surface area contributed by atoms with Gasteiger partial charge in [-0.2, -0.15) is 0 Å². The van der Waals surface area contributed by atoms with Crippen molar-refractivity contribution in [2.24, 2.45) is 0 Å². The molecular weight excluding hydrogens is 248 g/mol. The third-order valence-corrected chi connectivity index (χ3v) is 3.86. The molecule has 104 valence electrons. The number of hydrogen-bond acceptors (Lipinski definition) is 1. The topological polar surface area (TPSA) is 9.23 Å². The molecule has 0 fully saturated rings. The lowest BCUT2D eigenvalue weighted by atomic mass is 9.94. The Kier molecular flexibility index (Phi) is 6.18. The molecule has 0 bridgehead atoms. The van der Waals surface area contributed by atoms with Crippen LogP contribution in [-0.4, -0.2) is 15.2 Å². The molecule has 0 amide bonds. The van der Waals surface area contributed by atoms with Crippen molar-refractivity contribution in [3.05, 3.63) is 29.8 Å². The molecule has 1 atom stereocenters. The number of benzene rings is 1. The van der Waals surface area contributed by atoms with Gasteiger partial charge >= 0.3 is 0 Å². The standard InChI is InChI=1S/C17H26OSi/c1-6-7-9-15(12-13-19(3,4)5)16-10-8-11-17(14-16)18-2/h8,10-11,14-15H,6-7,9H2,1-5H3/t15-/m0/s1. The Labute approximate surface area is 119 Å². The molecular formula is C17H26OSi. The van der Waals surface area contributed by atoms with Gasteiger partial charge in [0.1, 0.15) is 13.8 Å². The van der Waals surface area contributed by atoms with Gasteiger partial charge in [-0.25, -0.2) is 0 Å². The van der Waals surface area contributed by atoms with Crippen molar-refractivity contribution in [1.29, 1.82) is 0 Å². The van der Waals surface area contributed by atoms with Gasteiger partial charge in [-0.3, -0.25) is 0 Å². The van der Waals surface area contributed by atoms with Crippen LogP contribution in [0.3, 0.4) is 0 Å². The molecule has 2 heteroatoms. The maximum atomic E-state index is 5.32. The van der Waals surface area contributed by atoms with E-state index in [4.69, 9.17) is 4.74 Å². The van der Waals surface area contributed by atoms with E-state index < -0.39 is 8.07 Å². The third-order valence-electron chi connectivity index (χ3n) is 2.96. The summed E-state index contributed by atoms with van der Waals surface area (Å²) in [6.45, 7) is 9.11. The Morgan fingerprint density at radius 3 is 2.58 bits per heavy atom. The summed E-state index contributed by atoms with van der Waals surface area (Å²) < 4.78 is 5.32. The van der Waals surface area contributed by atoms with Crippen LogP contribution in [0.5, 0.6) is 5.75 Å². The van der Waals surface area contributed by atoms with E-state index in [2.05, 4.69) is 56.2 Å². The molecule has 0 aliphatic heterocycles. The Bertz CT molecular complexity index is 448. The maximum Gasteiger partial charge on any atom is 0.129 e. The van der Waals surface area contributed by atoms with E-state index in [-0.39, 0.29) is 0 Å². The van der Waals surface area contributed by atoms with Gasteiger partial charge in [0.2, 0.25) is 0 Å². The van der Waals surface area contributed by atoms with E-state index in [9.17, 15) is 0 Å². The van der Waals surface area contributed by atoms with Gasteiger partial charge in [-0.1, -0.05) is 51.5 Å². The average molecular weight is 274 g/mol. The summed E-state index contributed by atoms with van der Waals surface area (Å²) in [6, 6.07) is 8.34. The molecule has 0 saturated carbocycles. The predicted molar refractivity (Wildman–Crippen MR) is 86.4 cm³/mol. The highest BCUT2D eigenvalue weighted by Crippen LogP contribution is 2.25. The Morgan fingerprint density at radius 1 is 1.26 bits per heavy atom. The zero-order valence-electron chi connectivity index (χ0n) is 12.9. The Morgan fingerprint density at radius 2 is 2.00 bits per heavy atom. The molecule has 0 radical (unpaired) electrons. The first-order valence-corrected chi connectivity index (χ1v) is 10.6. The fourth-order valence-corrected chi connectivity index (χ4v) is 2.50. The van der Waals surface area contributed by atoms with Crippen molar-refractivity contribution in [3.8, 4) is 17.2 Å². The minimum atomic E-state index is -1.31. The van der Waals surface area contributed by atoms with Crippen molar-refractivity contribution in [2.75, 3.05) is 7.11 Å². The zero-order valence-corrected chi connectivity index (χ0v) is 13.9. The first kappa shape index (κ1) is 15.9. The molecule has 0 unspecified atom stereocenters. The lowest BCUT2D eigenvalue weighted by Crippen LogP contribution is -2.17. The van der Waals surface area contributed by atoms with Crippen LogP contribution >= 0.6 is 0 Å². The monoisotopic (exact) mass is 274 g/mol. The lowest BCUT2D eigenvalue weighted by molar-refractivity contribution is 0.414. The van der Waals surface area contributed by atoms with Gasteiger partial charge in [0, 0.05) is 5.92 Å². The van der Waals surface area contributed by atoms with Gasteiger partial charge in [-0.15, -0.1) is 11.5 Å². The molecule has 0 aliphatic carbocycles. The highest BCUT2D eigenvalue weighted by molar-refractivity contribution is 6.83. The van der Waals surface area contributed by atoms with Crippen molar-refractivity contribution in [1.82, 2.24) is 0 Å². The molecule has 1 aromatic rings. The van der Waals surface area contributed by atoms with Crippen LogP contribution in [0.4, 0.5) is 0 Å². The molecule has 0 aromatic heterocycles. The van der Waals surface area contributed by atoms with Crippen molar-refractivity contribution in [3.63, 3.8) is 0 Å². The quantitative estimate of drug-likeness (QED) is 0.551. The minimum Gasteiger partial charge on any atom is -0.497 e. The van der Waals surface area contributed by atoms with Crippen molar-refractivity contribution < 1.29 is 4.74 Å². The molecule has 0 N–H and O–H groups in total.